The number of nitrogens with zero attached hydrogens (tertiary/aromatic N) is 2. The molecule has 0 spiro atoms. The topological polar surface area (TPSA) is 65.3 Å². The Morgan fingerprint density at radius 2 is 2.16 bits per heavy atom. The molecule has 0 atom stereocenters. The highest BCUT2D eigenvalue weighted by Gasteiger charge is 2.10. The van der Waals surface area contributed by atoms with Crippen molar-refractivity contribution >= 4 is 21.6 Å². The van der Waals surface area contributed by atoms with Gasteiger partial charge in [0, 0.05) is 6.07 Å². The van der Waals surface area contributed by atoms with Gasteiger partial charge in [-0.05, 0) is 39.7 Å². The number of rotatable bonds is 4. The molecule has 0 bridgehead atoms. The average Bonchev–Trinajstić information content (AvgIpc) is 2.37. The Kier molecular flexibility index (Phi) is 4.06. The van der Waals surface area contributed by atoms with Crippen LogP contribution in [0.3, 0.4) is 0 Å². The molecule has 0 saturated heterocycles. The molecule has 0 aliphatic rings. The van der Waals surface area contributed by atoms with Gasteiger partial charge in [0.25, 0.3) is 5.69 Å². The number of halogens is 2. The van der Waals surface area contributed by atoms with Gasteiger partial charge in [0.15, 0.2) is 0 Å². The summed E-state index contributed by atoms with van der Waals surface area (Å²) < 4.78 is 19.2. The van der Waals surface area contributed by atoms with Gasteiger partial charge in [0.2, 0.25) is 0 Å². The molecule has 2 aromatic rings. The zero-order chi connectivity index (χ0) is 13.8. The van der Waals surface area contributed by atoms with Crippen molar-refractivity contribution in [2.24, 2.45) is 0 Å². The number of ether oxygens (including phenoxy) is 1. The summed E-state index contributed by atoms with van der Waals surface area (Å²) in [5.74, 6) is -0.170. The molecule has 1 aromatic heterocycles. The fourth-order valence-corrected chi connectivity index (χ4v) is 1.67. The van der Waals surface area contributed by atoms with Crippen LogP contribution in [0.5, 0.6) is 5.75 Å². The van der Waals surface area contributed by atoms with Crippen LogP contribution in [0.1, 0.15) is 5.56 Å². The van der Waals surface area contributed by atoms with Gasteiger partial charge < -0.3 is 4.74 Å². The molecule has 2 rings (SSSR count). The maximum atomic E-state index is 13.2. The van der Waals surface area contributed by atoms with E-state index < -0.39 is 10.7 Å². The summed E-state index contributed by atoms with van der Waals surface area (Å²) in [6, 6.07) is 6.72. The maximum Gasteiger partial charge on any atom is 0.272 e. The molecule has 0 saturated carbocycles. The van der Waals surface area contributed by atoms with Crippen molar-refractivity contribution < 1.29 is 14.1 Å². The molecule has 1 aromatic carbocycles. The van der Waals surface area contributed by atoms with Crippen LogP contribution in [-0.4, -0.2) is 9.91 Å². The molecule has 0 amide bonds. The molecule has 0 radical (unpaired) electrons. The Labute approximate surface area is 116 Å². The second kappa shape index (κ2) is 5.75. The number of benzene rings is 1. The van der Waals surface area contributed by atoms with Crippen molar-refractivity contribution in [1.29, 1.82) is 0 Å². The van der Waals surface area contributed by atoms with Crippen LogP contribution in [0.25, 0.3) is 0 Å². The lowest BCUT2D eigenvalue weighted by Gasteiger charge is -2.06. The van der Waals surface area contributed by atoms with E-state index in [2.05, 4.69) is 20.9 Å². The number of aromatic nitrogens is 1. The van der Waals surface area contributed by atoms with Gasteiger partial charge in [-0.1, -0.05) is 0 Å². The average molecular weight is 327 g/mol. The van der Waals surface area contributed by atoms with E-state index in [1.54, 1.807) is 12.1 Å². The summed E-state index contributed by atoms with van der Waals surface area (Å²) in [5.41, 5.74) is 0.0853. The molecule has 0 unspecified atom stereocenters. The Balaban J connectivity index is 2.11. The Morgan fingerprint density at radius 1 is 1.37 bits per heavy atom. The third-order valence-electron chi connectivity index (χ3n) is 2.26. The van der Waals surface area contributed by atoms with E-state index in [1.807, 2.05) is 0 Å². The number of nitro groups is 1. The Bertz CT molecular complexity index is 604. The lowest BCUT2D eigenvalue weighted by molar-refractivity contribution is -0.385. The highest BCUT2D eigenvalue weighted by Crippen LogP contribution is 2.19. The van der Waals surface area contributed by atoms with E-state index in [1.165, 1.54) is 18.3 Å². The van der Waals surface area contributed by atoms with Crippen LogP contribution in [0.2, 0.25) is 0 Å². The fourth-order valence-electron chi connectivity index (χ4n) is 1.44. The van der Waals surface area contributed by atoms with Crippen molar-refractivity contribution in [3.8, 4) is 5.75 Å². The largest absolute Gasteiger partial charge is 0.487 e. The van der Waals surface area contributed by atoms with Crippen molar-refractivity contribution in [1.82, 2.24) is 4.98 Å². The molecule has 7 heteroatoms. The summed E-state index contributed by atoms with van der Waals surface area (Å²) in [7, 11) is 0. The smallest absolute Gasteiger partial charge is 0.272 e. The molecule has 0 aliphatic carbocycles. The first kappa shape index (κ1) is 13.4. The van der Waals surface area contributed by atoms with Crippen LogP contribution >= 0.6 is 15.9 Å². The van der Waals surface area contributed by atoms with E-state index in [0.29, 0.717) is 15.9 Å². The van der Waals surface area contributed by atoms with Gasteiger partial charge in [0.05, 0.1) is 17.2 Å². The van der Waals surface area contributed by atoms with Gasteiger partial charge in [-0.25, -0.2) is 9.37 Å². The fraction of sp³-hybridized carbons (Fsp3) is 0.0833. The third-order valence-corrected chi connectivity index (χ3v) is 2.73. The number of nitro benzene ring substituents is 1. The number of hydrogen-bond donors (Lipinski definition) is 0. The zero-order valence-electron chi connectivity index (χ0n) is 9.55. The second-order valence-corrected chi connectivity index (χ2v) is 4.49. The van der Waals surface area contributed by atoms with Crippen molar-refractivity contribution in [3.63, 3.8) is 0 Å². The predicted molar refractivity (Wildman–Crippen MR) is 69.3 cm³/mol. The summed E-state index contributed by atoms with van der Waals surface area (Å²) in [6.07, 6.45) is 1.50. The van der Waals surface area contributed by atoms with Crippen LogP contribution in [0.4, 0.5) is 10.1 Å². The minimum Gasteiger partial charge on any atom is -0.487 e. The second-order valence-electron chi connectivity index (χ2n) is 3.68. The molecular formula is C12H8BrFN2O3. The molecule has 0 aliphatic heterocycles. The Hall–Kier alpha value is -2.02. The van der Waals surface area contributed by atoms with E-state index in [0.717, 1.165) is 6.07 Å². The quantitative estimate of drug-likeness (QED) is 0.490. The molecule has 19 heavy (non-hydrogen) atoms. The van der Waals surface area contributed by atoms with Crippen molar-refractivity contribution in [3.05, 3.63) is 62.6 Å². The van der Waals surface area contributed by atoms with Gasteiger partial charge in [-0.15, -0.1) is 0 Å². The van der Waals surface area contributed by atoms with Gasteiger partial charge in [-0.3, -0.25) is 10.1 Å². The molecule has 1 heterocycles. The third kappa shape index (κ3) is 3.72. The zero-order valence-corrected chi connectivity index (χ0v) is 11.1. The first-order valence-corrected chi connectivity index (χ1v) is 6.02. The molecular weight excluding hydrogens is 319 g/mol. The summed E-state index contributed by atoms with van der Waals surface area (Å²) in [4.78, 5) is 13.9. The molecule has 0 N–H and O–H groups in total. The van der Waals surface area contributed by atoms with Gasteiger partial charge in [-0.2, -0.15) is 0 Å². The summed E-state index contributed by atoms with van der Waals surface area (Å²) in [6.45, 7) is 0.0297. The van der Waals surface area contributed by atoms with E-state index >= 15 is 0 Å². The first-order chi connectivity index (χ1) is 9.04. The highest BCUT2D eigenvalue weighted by atomic mass is 79.9. The van der Waals surface area contributed by atoms with Crippen LogP contribution < -0.4 is 4.74 Å². The van der Waals surface area contributed by atoms with Gasteiger partial charge >= 0.3 is 0 Å². The number of non-ortho nitro benzene ring substituents is 1. The lowest BCUT2D eigenvalue weighted by Crippen LogP contribution is -1.98. The van der Waals surface area contributed by atoms with E-state index in [4.69, 9.17) is 4.74 Å². The van der Waals surface area contributed by atoms with Gasteiger partial charge in [0.1, 0.15) is 22.8 Å². The maximum absolute atomic E-state index is 13.2. The SMILES string of the molecule is O=[N+]([O-])c1cc(F)cc(COc2ccc(Br)nc2)c1. The van der Waals surface area contributed by atoms with Crippen LogP contribution in [0, 0.1) is 15.9 Å². The predicted octanol–water partition coefficient (Wildman–Crippen LogP) is 3.47. The normalized spacial score (nSPS) is 10.2. The van der Waals surface area contributed by atoms with Crippen LogP contribution in [0.15, 0.2) is 41.1 Å². The number of hydrogen-bond acceptors (Lipinski definition) is 4. The minimum atomic E-state index is -0.665. The summed E-state index contributed by atoms with van der Waals surface area (Å²) >= 11 is 3.19. The number of pyridine rings is 1. The first-order valence-electron chi connectivity index (χ1n) is 5.23. The Morgan fingerprint density at radius 3 is 2.79 bits per heavy atom. The standard InChI is InChI=1S/C12H8BrFN2O3/c13-12-2-1-11(6-15-12)19-7-8-3-9(14)5-10(4-8)16(17)18/h1-6H,7H2. The van der Waals surface area contributed by atoms with Crippen LogP contribution in [-0.2, 0) is 6.61 Å². The van der Waals surface area contributed by atoms with Crippen molar-refractivity contribution in [2.75, 3.05) is 0 Å². The van der Waals surface area contributed by atoms with E-state index in [-0.39, 0.29) is 12.3 Å². The molecule has 5 nitrogen and oxygen atoms in total. The monoisotopic (exact) mass is 326 g/mol. The minimum absolute atomic E-state index is 0.0297. The molecule has 98 valence electrons. The molecule has 0 fully saturated rings. The van der Waals surface area contributed by atoms with Crippen molar-refractivity contribution in [2.45, 2.75) is 6.61 Å². The van der Waals surface area contributed by atoms with E-state index in [9.17, 15) is 14.5 Å². The highest BCUT2D eigenvalue weighted by molar-refractivity contribution is 9.10. The summed E-state index contributed by atoms with van der Waals surface area (Å²) in [5, 5.41) is 10.6. The lowest BCUT2D eigenvalue weighted by atomic mass is 10.2.